The van der Waals surface area contributed by atoms with Crippen LogP contribution >= 0.6 is 22.9 Å². The fourth-order valence-electron chi connectivity index (χ4n) is 2.98. The summed E-state index contributed by atoms with van der Waals surface area (Å²) >= 11 is 7.28. The highest BCUT2D eigenvalue weighted by molar-refractivity contribution is 7.13. The van der Waals surface area contributed by atoms with Crippen LogP contribution in [0.4, 0.5) is 10.9 Å². The van der Waals surface area contributed by atoms with E-state index in [0.717, 1.165) is 22.1 Å². The van der Waals surface area contributed by atoms with E-state index in [0.29, 0.717) is 11.7 Å². The summed E-state index contributed by atoms with van der Waals surface area (Å²) in [5.41, 5.74) is 5.83. The average Bonchev–Trinajstić information content (AvgIpc) is 3.09. The molecule has 1 aliphatic carbocycles. The van der Waals surface area contributed by atoms with E-state index >= 15 is 0 Å². The number of rotatable bonds is 4. The lowest BCUT2D eigenvalue weighted by molar-refractivity contribution is 0.686. The van der Waals surface area contributed by atoms with Gasteiger partial charge in [0.1, 0.15) is 0 Å². The van der Waals surface area contributed by atoms with Crippen LogP contribution in [-0.2, 0) is 18.7 Å². The fourth-order valence-corrected chi connectivity index (χ4v) is 3.93. The van der Waals surface area contributed by atoms with Gasteiger partial charge in [0.2, 0.25) is 0 Å². The van der Waals surface area contributed by atoms with Crippen molar-refractivity contribution in [3.8, 4) is 11.3 Å². The number of nitrogens with zero attached hydrogens (tertiary/aromatic N) is 3. The summed E-state index contributed by atoms with van der Waals surface area (Å²) in [4.78, 5) is 4.36. The summed E-state index contributed by atoms with van der Waals surface area (Å²) in [6, 6.07) is 10.6. The number of alkyl halides is 1. The van der Waals surface area contributed by atoms with Crippen LogP contribution in [0, 0.1) is 0 Å². The molecule has 0 saturated heterocycles. The van der Waals surface area contributed by atoms with Crippen molar-refractivity contribution in [3.05, 3.63) is 52.5 Å². The molecule has 4 rings (SSSR count). The monoisotopic (exact) mass is 356 g/mol. The molecule has 24 heavy (non-hydrogen) atoms. The average molecular weight is 357 g/mol. The normalized spacial score (nSPS) is 13.5. The first-order chi connectivity index (χ1) is 11.8. The first-order valence-electron chi connectivity index (χ1n) is 8.05. The van der Waals surface area contributed by atoms with E-state index in [1.165, 1.54) is 48.1 Å². The van der Waals surface area contributed by atoms with Gasteiger partial charge < -0.3 is 5.32 Å². The van der Waals surface area contributed by atoms with Gasteiger partial charge in [-0.3, -0.25) is 0 Å². The van der Waals surface area contributed by atoms with E-state index in [4.69, 9.17) is 11.6 Å². The Morgan fingerprint density at radius 3 is 2.67 bits per heavy atom. The zero-order valence-electron chi connectivity index (χ0n) is 13.1. The first kappa shape index (κ1) is 15.5. The summed E-state index contributed by atoms with van der Waals surface area (Å²) in [6.07, 6.45) is 4.95. The van der Waals surface area contributed by atoms with Crippen molar-refractivity contribution in [1.82, 2.24) is 15.2 Å². The van der Waals surface area contributed by atoms with Crippen molar-refractivity contribution < 1.29 is 0 Å². The van der Waals surface area contributed by atoms with Crippen molar-refractivity contribution in [1.29, 1.82) is 0 Å². The summed E-state index contributed by atoms with van der Waals surface area (Å²) in [5.74, 6) is 1.10. The summed E-state index contributed by atoms with van der Waals surface area (Å²) in [7, 11) is 0. The van der Waals surface area contributed by atoms with Crippen molar-refractivity contribution in [2.24, 2.45) is 0 Å². The summed E-state index contributed by atoms with van der Waals surface area (Å²) < 4.78 is 0. The lowest BCUT2D eigenvalue weighted by Crippen LogP contribution is -2.02. The largest absolute Gasteiger partial charge is 0.315 e. The number of hydrogen-bond acceptors (Lipinski definition) is 5. The highest BCUT2D eigenvalue weighted by Gasteiger charge is 2.11. The molecule has 0 radical (unpaired) electrons. The molecule has 0 atom stereocenters. The minimum absolute atomic E-state index is 0.418. The lowest BCUT2D eigenvalue weighted by Gasteiger charge is -2.16. The smallest absolute Gasteiger partial charge is 0.188 e. The topological polar surface area (TPSA) is 50.7 Å². The number of benzene rings is 1. The Hall–Kier alpha value is -1.98. The molecule has 1 aliphatic rings. The molecule has 0 fully saturated rings. The predicted octanol–water partition coefficient (Wildman–Crippen LogP) is 4.96. The van der Waals surface area contributed by atoms with Crippen LogP contribution in [0.25, 0.3) is 11.3 Å². The Morgan fingerprint density at radius 1 is 1.04 bits per heavy atom. The molecule has 2 heterocycles. The SMILES string of the molecule is ClCc1csc(Nc2ccc(-c3ccc4c(c3)CCCC4)nn2)n1. The molecule has 3 aromatic rings. The zero-order chi connectivity index (χ0) is 16.4. The quantitative estimate of drug-likeness (QED) is 0.671. The predicted molar refractivity (Wildman–Crippen MR) is 99.1 cm³/mol. The maximum Gasteiger partial charge on any atom is 0.188 e. The molecule has 0 spiro atoms. The van der Waals surface area contributed by atoms with Crippen LogP contribution < -0.4 is 5.32 Å². The second-order valence-corrected chi connectivity index (χ2v) is 7.02. The number of aryl methyl sites for hydroxylation is 2. The van der Waals surface area contributed by atoms with Gasteiger partial charge in [-0.2, -0.15) is 0 Å². The van der Waals surface area contributed by atoms with Gasteiger partial charge in [0.25, 0.3) is 0 Å². The van der Waals surface area contributed by atoms with Crippen molar-refractivity contribution in [2.45, 2.75) is 31.6 Å². The minimum atomic E-state index is 0.418. The van der Waals surface area contributed by atoms with Crippen LogP contribution in [0.5, 0.6) is 0 Å². The Balaban J connectivity index is 1.53. The van der Waals surface area contributed by atoms with Crippen LogP contribution in [0.2, 0.25) is 0 Å². The number of fused-ring (bicyclic) bond motifs is 1. The third kappa shape index (κ3) is 3.28. The molecule has 0 bridgehead atoms. The third-order valence-corrected chi connectivity index (χ3v) is 5.31. The van der Waals surface area contributed by atoms with Gasteiger partial charge in [-0.25, -0.2) is 4.98 Å². The Bertz CT molecular complexity index is 844. The van der Waals surface area contributed by atoms with E-state index in [2.05, 4.69) is 38.7 Å². The molecule has 1 N–H and O–H groups in total. The molecular weight excluding hydrogens is 340 g/mol. The van der Waals surface area contributed by atoms with Crippen LogP contribution in [-0.4, -0.2) is 15.2 Å². The molecular formula is C18H17ClN4S. The molecule has 2 aromatic heterocycles. The highest BCUT2D eigenvalue weighted by atomic mass is 35.5. The zero-order valence-corrected chi connectivity index (χ0v) is 14.7. The van der Waals surface area contributed by atoms with E-state index < -0.39 is 0 Å². The Labute approximate surface area is 149 Å². The van der Waals surface area contributed by atoms with E-state index in [1.54, 1.807) is 0 Å². The highest BCUT2D eigenvalue weighted by Crippen LogP contribution is 2.27. The fraction of sp³-hybridized carbons (Fsp3) is 0.278. The Morgan fingerprint density at radius 2 is 1.92 bits per heavy atom. The van der Waals surface area contributed by atoms with Crippen molar-refractivity contribution in [3.63, 3.8) is 0 Å². The molecule has 0 amide bonds. The second kappa shape index (κ2) is 6.87. The van der Waals surface area contributed by atoms with Gasteiger partial charge >= 0.3 is 0 Å². The number of anilines is 2. The molecule has 1 aromatic carbocycles. The van der Waals surface area contributed by atoms with E-state index in [9.17, 15) is 0 Å². The lowest BCUT2D eigenvalue weighted by atomic mass is 9.90. The third-order valence-electron chi connectivity index (χ3n) is 4.23. The van der Waals surface area contributed by atoms with Crippen LogP contribution in [0.15, 0.2) is 35.7 Å². The van der Waals surface area contributed by atoms with Gasteiger partial charge in [0.05, 0.1) is 17.3 Å². The molecule has 6 heteroatoms. The second-order valence-electron chi connectivity index (χ2n) is 5.90. The van der Waals surface area contributed by atoms with Gasteiger partial charge in [-0.1, -0.05) is 12.1 Å². The minimum Gasteiger partial charge on any atom is -0.315 e. The Kier molecular flexibility index (Phi) is 4.45. The molecule has 0 aliphatic heterocycles. The van der Waals surface area contributed by atoms with Crippen molar-refractivity contribution >= 4 is 33.9 Å². The standard InChI is InChI=1S/C18H17ClN4S/c19-10-15-11-24-18(20-15)21-17-8-7-16(22-23-17)14-6-5-12-3-1-2-4-13(12)9-14/h5-9,11H,1-4,10H2,(H,20,21,23). The first-order valence-corrected chi connectivity index (χ1v) is 9.46. The van der Waals surface area contributed by atoms with Crippen LogP contribution in [0.1, 0.15) is 29.7 Å². The van der Waals surface area contributed by atoms with Gasteiger partial charge in [0.15, 0.2) is 10.9 Å². The summed E-state index contributed by atoms with van der Waals surface area (Å²) in [5, 5.41) is 14.5. The molecule has 0 saturated carbocycles. The van der Waals surface area contributed by atoms with Gasteiger partial charge in [-0.05, 0) is 55.0 Å². The number of thiazole rings is 1. The van der Waals surface area contributed by atoms with E-state index in [-0.39, 0.29) is 0 Å². The molecule has 0 unspecified atom stereocenters. The number of hydrogen-bond donors (Lipinski definition) is 1. The van der Waals surface area contributed by atoms with Crippen LogP contribution in [0.3, 0.4) is 0 Å². The number of aromatic nitrogens is 3. The van der Waals surface area contributed by atoms with Gasteiger partial charge in [0, 0.05) is 10.9 Å². The van der Waals surface area contributed by atoms with Crippen molar-refractivity contribution in [2.75, 3.05) is 5.32 Å². The summed E-state index contributed by atoms with van der Waals surface area (Å²) in [6.45, 7) is 0. The maximum atomic E-state index is 5.77. The molecule has 122 valence electrons. The number of nitrogens with one attached hydrogen (secondary N) is 1. The molecule has 4 nitrogen and oxygen atoms in total. The number of halogens is 1. The van der Waals surface area contributed by atoms with Gasteiger partial charge in [-0.15, -0.1) is 33.1 Å². The van der Waals surface area contributed by atoms with E-state index in [1.807, 2.05) is 17.5 Å². The maximum absolute atomic E-state index is 5.77.